The Morgan fingerprint density at radius 1 is 1.05 bits per heavy atom. The van der Waals surface area contributed by atoms with E-state index in [0.717, 1.165) is 5.01 Å². The Morgan fingerprint density at radius 2 is 1.64 bits per heavy atom. The maximum Gasteiger partial charge on any atom is 0.270 e. The molecule has 1 N–H and O–H groups in total. The Hall–Kier alpha value is -1.85. The minimum atomic E-state index is -0.577. The number of halogens is 2. The van der Waals surface area contributed by atoms with E-state index in [9.17, 15) is 14.4 Å². The van der Waals surface area contributed by atoms with E-state index in [-0.39, 0.29) is 34.2 Å². The van der Waals surface area contributed by atoms with E-state index in [0.29, 0.717) is 17.9 Å². The van der Waals surface area contributed by atoms with Gasteiger partial charge in [0.1, 0.15) is 0 Å². The second-order valence-corrected chi connectivity index (χ2v) is 6.05. The largest absolute Gasteiger partial charge is 0.272 e. The lowest BCUT2D eigenvalue weighted by Crippen LogP contribution is -2.46. The molecule has 3 rings (SSSR count). The van der Waals surface area contributed by atoms with Gasteiger partial charge in [-0.2, -0.15) is 5.01 Å². The molecular formula is C15H12Cl2N2O3. The van der Waals surface area contributed by atoms with E-state index in [4.69, 9.17) is 23.2 Å². The molecular weight excluding hydrogens is 327 g/mol. The summed E-state index contributed by atoms with van der Waals surface area (Å²) in [6.45, 7) is 0. The van der Waals surface area contributed by atoms with Gasteiger partial charge >= 0.3 is 0 Å². The highest BCUT2D eigenvalue weighted by atomic mass is 35.5. The molecule has 2 aliphatic rings. The van der Waals surface area contributed by atoms with Gasteiger partial charge in [-0.15, -0.1) is 0 Å². The predicted octanol–water partition coefficient (Wildman–Crippen LogP) is 2.59. The Balaban J connectivity index is 1.78. The van der Waals surface area contributed by atoms with Crippen LogP contribution in [0.4, 0.5) is 0 Å². The number of hydrogen-bond donors (Lipinski definition) is 1. The van der Waals surface area contributed by atoms with Crippen LogP contribution >= 0.6 is 23.2 Å². The predicted molar refractivity (Wildman–Crippen MR) is 81.1 cm³/mol. The molecule has 0 spiro atoms. The van der Waals surface area contributed by atoms with Crippen molar-refractivity contribution in [2.45, 2.75) is 12.8 Å². The van der Waals surface area contributed by atoms with E-state index in [2.05, 4.69) is 5.43 Å². The molecule has 7 heteroatoms. The first-order chi connectivity index (χ1) is 10.5. The summed E-state index contributed by atoms with van der Waals surface area (Å²) in [6.07, 6.45) is 4.82. The van der Waals surface area contributed by atoms with Gasteiger partial charge in [-0.25, -0.2) is 0 Å². The fourth-order valence-electron chi connectivity index (χ4n) is 2.71. The van der Waals surface area contributed by atoms with Gasteiger partial charge in [-0.1, -0.05) is 35.4 Å². The molecule has 3 amide bonds. The van der Waals surface area contributed by atoms with E-state index in [1.54, 1.807) is 0 Å². The molecule has 0 unspecified atom stereocenters. The van der Waals surface area contributed by atoms with Crippen LogP contribution in [0.3, 0.4) is 0 Å². The normalized spacial score (nSPS) is 23.6. The van der Waals surface area contributed by atoms with Gasteiger partial charge in [0.05, 0.1) is 21.9 Å². The topological polar surface area (TPSA) is 66.5 Å². The number of carbonyl (C=O) groups is 3. The zero-order chi connectivity index (χ0) is 15.9. The van der Waals surface area contributed by atoms with Crippen molar-refractivity contribution < 1.29 is 14.4 Å². The fourth-order valence-corrected chi connectivity index (χ4v) is 3.01. The highest BCUT2D eigenvalue weighted by molar-refractivity contribution is 6.42. The molecule has 1 aliphatic heterocycles. The van der Waals surface area contributed by atoms with Crippen LogP contribution in [0.15, 0.2) is 30.4 Å². The average molecular weight is 339 g/mol. The fraction of sp³-hybridized carbons (Fsp3) is 0.267. The van der Waals surface area contributed by atoms with Crippen molar-refractivity contribution in [1.29, 1.82) is 0 Å². The van der Waals surface area contributed by atoms with Crippen LogP contribution in [0.25, 0.3) is 0 Å². The van der Waals surface area contributed by atoms with Crippen LogP contribution < -0.4 is 5.43 Å². The number of imide groups is 1. The molecule has 0 aromatic heterocycles. The molecule has 1 aromatic rings. The minimum Gasteiger partial charge on any atom is -0.272 e. The van der Waals surface area contributed by atoms with Gasteiger partial charge in [0.2, 0.25) is 0 Å². The third-order valence-electron chi connectivity index (χ3n) is 3.90. The molecule has 1 saturated heterocycles. The van der Waals surface area contributed by atoms with Crippen molar-refractivity contribution >= 4 is 40.9 Å². The summed E-state index contributed by atoms with van der Waals surface area (Å²) in [5.74, 6) is -2.08. The van der Waals surface area contributed by atoms with Crippen LogP contribution in [-0.4, -0.2) is 22.7 Å². The zero-order valence-corrected chi connectivity index (χ0v) is 12.9. The van der Waals surface area contributed by atoms with Crippen LogP contribution in [0.1, 0.15) is 23.2 Å². The number of allylic oxidation sites excluding steroid dienone is 2. The lowest BCUT2D eigenvalue weighted by atomic mass is 9.85. The number of nitrogens with zero attached hydrogens (tertiary/aromatic N) is 1. The average Bonchev–Trinajstić information content (AvgIpc) is 2.75. The van der Waals surface area contributed by atoms with Gasteiger partial charge in [0.25, 0.3) is 17.7 Å². The van der Waals surface area contributed by atoms with Crippen molar-refractivity contribution in [3.63, 3.8) is 0 Å². The summed E-state index contributed by atoms with van der Waals surface area (Å²) in [6, 6.07) is 4.35. The molecule has 0 bridgehead atoms. The molecule has 1 aromatic carbocycles. The standard InChI is InChI=1S/C15H12Cl2N2O3/c16-11-6-5-8(7-12(11)17)13(20)18-19-14(21)9-3-1-2-4-10(9)15(19)22/h1-2,5-7,9-10H,3-4H2,(H,18,20)/t9-,10-/m0/s1. The molecule has 114 valence electrons. The minimum absolute atomic E-state index is 0.225. The highest BCUT2D eigenvalue weighted by Crippen LogP contribution is 2.34. The van der Waals surface area contributed by atoms with Gasteiger partial charge in [-0.05, 0) is 31.0 Å². The molecule has 1 aliphatic carbocycles. The summed E-state index contributed by atoms with van der Waals surface area (Å²) in [4.78, 5) is 36.7. The highest BCUT2D eigenvalue weighted by Gasteiger charge is 2.48. The monoisotopic (exact) mass is 338 g/mol. The first-order valence-corrected chi connectivity index (χ1v) is 7.53. The van der Waals surface area contributed by atoms with E-state index >= 15 is 0 Å². The first kappa shape index (κ1) is 15.1. The number of hydrogen-bond acceptors (Lipinski definition) is 3. The van der Waals surface area contributed by atoms with E-state index < -0.39 is 5.91 Å². The van der Waals surface area contributed by atoms with Crippen molar-refractivity contribution in [2.75, 3.05) is 0 Å². The Morgan fingerprint density at radius 3 is 2.18 bits per heavy atom. The van der Waals surface area contributed by atoms with Gasteiger partial charge in [-0.3, -0.25) is 19.8 Å². The summed E-state index contributed by atoms with van der Waals surface area (Å²) < 4.78 is 0. The number of nitrogens with one attached hydrogen (secondary N) is 1. The zero-order valence-electron chi connectivity index (χ0n) is 11.4. The summed E-state index contributed by atoms with van der Waals surface area (Å²) in [5.41, 5.74) is 2.59. The number of rotatable bonds is 2. The van der Waals surface area contributed by atoms with E-state index in [1.807, 2.05) is 12.2 Å². The lowest BCUT2D eigenvalue weighted by Gasteiger charge is -2.16. The van der Waals surface area contributed by atoms with Crippen molar-refractivity contribution in [3.05, 3.63) is 46.0 Å². The quantitative estimate of drug-likeness (QED) is 0.665. The first-order valence-electron chi connectivity index (χ1n) is 6.78. The smallest absolute Gasteiger partial charge is 0.270 e. The van der Waals surface area contributed by atoms with Crippen molar-refractivity contribution in [3.8, 4) is 0 Å². The summed E-state index contributed by atoms with van der Waals surface area (Å²) >= 11 is 11.7. The second kappa shape index (κ2) is 5.74. The Labute approximate surface area is 136 Å². The van der Waals surface area contributed by atoms with Gasteiger partial charge in [0, 0.05) is 5.56 Å². The van der Waals surface area contributed by atoms with Gasteiger partial charge < -0.3 is 0 Å². The second-order valence-electron chi connectivity index (χ2n) is 5.24. The summed E-state index contributed by atoms with van der Waals surface area (Å²) in [7, 11) is 0. The van der Waals surface area contributed by atoms with Gasteiger partial charge in [0.15, 0.2) is 0 Å². The van der Waals surface area contributed by atoms with Crippen LogP contribution in [0, 0.1) is 11.8 Å². The third-order valence-corrected chi connectivity index (χ3v) is 4.64. The Kier molecular flexibility index (Phi) is 3.93. The van der Waals surface area contributed by atoms with Crippen molar-refractivity contribution in [1.82, 2.24) is 10.4 Å². The lowest BCUT2D eigenvalue weighted by molar-refractivity contribution is -0.142. The van der Waals surface area contributed by atoms with Crippen LogP contribution in [-0.2, 0) is 9.59 Å². The number of carbonyl (C=O) groups excluding carboxylic acids is 3. The van der Waals surface area contributed by atoms with Crippen LogP contribution in [0.5, 0.6) is 0 Å². The molecule has 5 nitrogen and oxygen atoms in total. The molecule has 0 saturated carbocycles. The number of hydrazine groups is 1. The maximum absolute atomic E-state index is 12.2. The SMILES string of the molecule is O=C(NN1C(=O)[C@H]2CC=CC[C@@H]2C1=O)c1ccc(Cl)c(Cl)c1. The third kappa shape index (κ3) is 2.51. The molecule has 22 heavy (non-hydrogen) atoms. The van der Waals surface area contributed by atoms with Crippen molar-refractivity contribution in [2.24, 2.45) is 11.8 Å². The molecule has 1 heterocycles. The molecule has 2 atom stereocenters. The van der Waals surface area contributed by atoms with Crippen LogP contribution in [0.2, 0.25) is 10.0 Å². The van der Waals surface area contributed by atoms with E-state index in [1.165, 1.54) is 18.2 Å². The molecule has 1 fully saturated rings. The maximum atomic E-state index is 12.2. The Bertz CT molecular complexity index is 676. The number of amides is 3. The number of fused-ring (bicyclic) bond motifs is 1. The summed E-state index contributed by atoms with van der Waals surface area (Å²) in [5, 5.41) is 1.38. The number of benzene rings is 1. The molecule has 0 radical (unpaired) electrons.